The fraction of sp³-hybridized carbons (Fsp3) is 0.409. The molecule has 0 fully saturated rings. The quantitative estimate of drug-likeness (QED) is 0.573. The number of ether oxygens (including phenoxy) is 2. The molecule has 2 aromatic carbocycles. The molecule has 0 heterocycles. The minimum absolute atomic E-state index is 0.0835. The van der Waals surface area contributed by atoms with Crippen LogP contribution in [-0.4, -0.2) is 31.1 Å². The lowest BCUT2D eigenvalue weighted by Crippen LogP contribution is -2.13. The molecule has 5 heteroatoms. The van der Waals surface area contributed by atoms with Crippen molar-refractivity contribution in [2.45, 2.75) is 33.6 Å². The van der Waals surface area contributed by atoms with E-state index in [-0.39, 0.29) is 5.91 Å². The molecule has 1 amide bonds. The van der Waals surface area contributed by atoms with E-state index in [1.54, 1.807) is 7.11 Å². The number of nitrogens with one attached hydrogen (secondary N) is 1. The number of thioether (sulfide) groups is 1. The third-order valence-corrected chi connectivity index (χ3v) is 5.22. The van der Waals surface area contributed by atoms with Crippen LogP contribution in [0.3, 0.4) is 0 Å². The van der Waals surface area contributed by atoms with E-state index in [0.717, 1.165) is 46.2 Å². The lowest BCUT2D eigenvalue weighted by molar-refractivity contribution is -0.116. The van der Waals surface area contributed by atoms with Crippen LogP contribution >= 0.6 is 11.8 Å². The standard InChI is InChI=1S/C22H29NO3S/c1-16-14-17(2)22(18(3)15-16)23-21(24)6-5-12-27-13-11-26-20-9-7-19(25-4)8-10-20/h7-10,14-15H,5-6,11-13H2,1-4H3,(H,23,24). The van der Waals surface area contributed by atoms with Crippen LogP contribution in [0.2, 0.25) is 0 Å². The van der Waals surface area contributed by atoms with Gasteiger partial charge in [0.15, 0.2) is 0 Å². The summed E-state index contributed by atoms with van der Waals surface area (Å²) in [6.45, 7) is 6.80. The Labute approximate surface area is 166 Å². The molecule has 0 aliphatic heterocycles. The largest absolute Gasteiger partial charge is 0.497 e. The summed E-state index contributed by atoms with van der Waals surface area (Å²) in [5.41, 5.74) is 4.40. The van der Waals surface area contributed by atoms with Gasteiger partial charge in [-0.15, -0.1) is 0 Å². The Morgan fingerprint density at radius 3 is 2.26 bits per heavy atom. The van der Waals surface area contributed by atoms with E-state index >= 15 is 0 Å². The highest BCUT2D eigenvalue weighted by Gasteiger charge is 2.08. The second kappa shape index (κ2) is 10.9. The Morgan fingerprint density at radius 1 is 1.00 bits per heavy atom. The smallest absolute Gasteiger partial charge is 0.224 e. The number of methoxy groups -OCH3 is 1. The van der Waals surface area contributed by atoms with Crippen LogP contribution in [-0.2, 0) is 4.79 Å². The number of hydrogen-bond donors (Lipinski definition) is 1. The van der Waals surface area contributed by atoms with Crippen molar-refractivity contribution in [1.29, 1.82) is 0 Å². The van der Waals surface area contributed by atoms with Gasteiger partial charge in [-0.05, 0) is 68.3 Å². The number of aryl methyl sites for hydroxylation is 3. The molecule has 2 aromatic rings. The summed E-state index contributed by atoms with van der Waals surface area (Å²) < 4.78 is 10.8. The molecule has 2 rings (SSSR count). The Hall–Kier alpha value is -2.14. The van der Waals surface area contributed by atoms with Crippen LogP contribution in [0, 0.1) is 20.8 Å². The first-order valence-electron chi connectivity index (χ1n) is 9.22. The maximum atomic E-state index is 12.2. The zero-order valence-corrected chi connectivity index (χ0v) is 17.4. The van der Waals surface area contributed by atoms with Crippen LogP contribution in [0.4, 0.5) is 5.69 Å². The number of anilines is 1. The van der Waals surface area contributed by atoms with E-state index in [9.17, 15) is 4.79 Å². The fourth-order valence-electron chi connectivity index (χ4n) is 2.91. The summed E-state index contributed by atoms with van der Waals surface area (Å²) in [5, 5.41) is 3.06. The third-order valence-electron chi connectivity index (χ3n) is 4.19. The topological polar surface area (TPSA) is 47.6 Å². The van der Waals surface area contributed by atoms with E-state index in [2.05, 4.69) is 24.4 Å². The number of rotatable bonds is 10. The maximum Gasteiger partial charge on any atom is 0.224 e. The molecule has 0 aromatic heterocycles. The van der Waals surface area contributed by atoms with Gasteiger partial charge in [-0.3, -0.25) is 4.79 Å². The van der Waals surface area contributed by atoms with Crippen molar-refractivity contribution >= 4 is 23.4 Å². The van der Waals surface area contributed by atoms with Crippen LogP contribution in [0.25, 0.3) is 0 Å². The van der Waals surface area contributed by atoms with Crippen molar-refractivity contribution in [3.8, 4) is 11.5 Å². The predicted octanol–water partition coefficient (Wildman–Crippen LogP) is 5.15. The van der Waals surface area contributed by atoms with E-state index in [1.165, 1.54) is 5.56 Å². The van der Waals surface area contributed by atoms with Crippen LogP contribution in [0.1, 0.15) is 29.5 Å². The summed E-state index contributed by atoms with van der Waals surface area (Å²) >= 11 is 1.81. The zero-order chi connectivity index (χ0) is 19.6. The van der Waals surface area contributed by atoms with Crippen molar-refractivity contribution in [3.63, 3.8) is 0 Å². The van der Waals surface area contributed by atoms with Gasteiger partial charge in [-0.25, -0.2) is 0 Å². The summed E-state index contributed by atoms with van der Waals surface area (Å²) in [5.74, 6) is 3.61. The van der Waals surface area contributed by atoms with Gasteiger partial charge in [-0.1, -0.05) is 17.7 Å². The molecular weight excluding hydrogens is 358 g/mol. The van der Waals surface area contributed by atoms with Crippen LogP contribution in [0.5, 0.6) is 11.5 Å². The van der Waals surface area contributed by atoms with Crippen LogP contribution in [0.15, 0.2) is 36.4 Å². The second-order valence-corrected chi connectivity index (χ2v) is 7.79. The molecule has 0 saturated carbocycles. The summed E-state index contributed by atoms with van der Waals surface area (Å²) in [7, 11) is 1.65. The molecule has 0 atom stereocenters. The number of amides is 1. The lowest BCUT2D eigenvalue weighted by Gasteiger charge is -2.12. The van der Waals surface area contributed by atoms with Gasteiger partial charge in [0.05, 0.1) is 13.7 Å². The van der Waals surface area contributed by atoms with Crippen molar-refractivity contribution in [2.75, 3.05) is 30.5 Å². The molecule has 0 aliphatic carbocycles. The summed E-state index contributed by atoms with van der Waals surface area (Å²) in [4.78, 5) is 12.2. The minimum Gasteiger partial charge on any atom is -0.497 e. The molecular formula is C22H29NO3S. The minimum atomic E-state index is 0.0835. The SMILES string of the molecule is COc1ccc(OCCSCCCC(=O)Nc2c(C)cc(C)cc2C)cc1. The van der Waals surface area contributed by atoms with Crippen molar-refractivity contribution < 1.29 is 14.3 Å². The monoisotopic (exact) mass is 387 g/mol. The Morgan fingerprint density at radius 2 is 1.63 bits per heavy atom. The van der Waals surface area contributed by atoms with E-state index < -0.39 is 0 Å². The average Bonchev–Trinajstić information content (AvgIpc) is 2.64. The zero-order valence-electron chi connectivity index (χ0n) is 16.6. The summed E-state index contributed by atoms with van der Waals surface area (Å²) in [6.07, 6.45) is 1.40. The van der Waals surface area contributed by atoms with E-state index in [1.807, 2.05) is 49.9 Å². The number of carbonyl (C=O) groups is 1. The van der Waals surface area contributed by atoms with Crippen molar-refractivity contribution in [1.82, 2.24) is 0 Å². The fourth-order valence-corrected chi connectivity index (χ4v) is 3.66. The highest BCUT2D eigenvalue weighted by atomic mass is 32.2. The van der Waals surface area contributed by atoms with Gasteiger partial charge < -0.3 is 14.8 Å². The van der Waals surface area contributed by atoms with Gasteiger partial charge in [0.1, 0.15) is 11.5 Å². The predicted molar refractivity (Wildman–Crippen MR) is 114 cm³/mol. The highest BCUT2D eigenvalue weighted by molar-refractivity contribution is 7.99. The number of hydrogen-bond acceptors (Lipinski definition) is 4. The second-order valence-electron chi connectivity index (χ2n) is 6.56. The Bertz CT molecular complexity index is 721. The van der Waals surface area contributed by atoms with Gasteiger partial charge in [0, 0.05) is 17.9 Å². The molecule has 1 N–H and O–H groups in total. The average molecular weight is 388 g/mol. The normalized spacial score (nSPS) is 10.5. The summed E-state index contributed by atoms with van der Waals surface area (Å²) in [6, 6.07) is 11.8. The molecule has 0 unspecified atom stereocenters. The first-order valence-corrected chi connectivity index (χ1v) is 10.4. The molecule has 146 valence electrons. The van der Waals surface area contributed by atoms with E-state index in [0.29, 0.717) is 13.0 Å². The first-order chi connectivity index (χ1) is 13.0. The van der Waals surface area contributed by atoms with Gasteiger partial charge in [0.25, 0.3) is 0 Å². The van der Waals surface area contributed by atoms with Gasteiger partial charge in [-0.2, -0.15) is 11.8 Å². The lowest BCUT2D eigenvalue weighted by atomic mass is 10.0. The van der Waals surface area contributed by atoms with Crippen molar-refractivity contribution in [3.05, 3.63) is 53.1 Å². The molecule has 0 radical (unpaired) electrons. The van der Waals surface area contributed by atoms with Crippen molar-refractivity contribution in [2.24, 2.45) is 0 Å². The van der Waals surface area contributed by atoms with Gasteiger partial charge in [0.2, 0.25) is 5.91 Å². The third kappa shape index (κ3) is 7.18. The molecule has 0 bridgehead atoms. The number of carbonyl (C=O) groups excluding carboxylic acids is 1. The van der Waals surface area contributed by atoms with Gasteiger partial charge >= 0.3 is 0 Å². The Balaban J connectivity index is 1.59. The van der Waals surface area contributed by atoms with E-state index in [4.69, 9.17) is 9.47 Å². The highest BCUT2D eigenvalue weighted by Crippen LogP contribution is 2.22. The Kier molecular flexibility index (Phi) is 8.52. The molecule has 0 aliphatic rings. The number of benzene rings is 2. The molecule has 0 spiro atoms. The first kappa shape index (κ1) is 21.2. The maximum absolute atomic E-state index is 12.2. The van der Waals surface area contributed by atoms with Crippen LogP contribution < -0.4 is 14.8 Å². The molecule has 4 nitrogen and oxygen atoms in total. The molecule has 27 heavy (non-hydrogen) atoms. The molecule has 0 saturated heterocycles.